The molecule has 1 aliphatic rings. The minimum atomic E-state index is -4.50. The number of anilines is 1. The van der Waals surface area contributed by atoms with Crippen molar-refractivity contribution in [2.24, 2.45) is 5.10 Å². The van der Waals surface area contributed by atoms with Crippen LogP contribution in [0.25, 0.3) is 0 Å². The van der Waals surface area contributed by atoms with Gasteiger partial charge in [-0.2, -0.15) is 18.3 Å². The summed E-state index contributed by atoms with van der Waals surface area (Å²) in [4.78, 5) is 14.6. The summed E-state index contributed by atoms with van der Waals surface area (Å²) in [5.41, 5.74) is 5.77. The van der Waals surface area contributed by atoms with Crippen molar-refractivity contribution in [2.45, 2.75) is 58.7 Å². The predicted molar refractivity (Wildman–Crippen MR) is 118 cm³/mol. The van der Waals surface area contributed by atoms with Crippen molar-refractivity contribution in [2.75, 3.05) is 11.4 Å². The number of amides is 1. The van der Waals surface area contributed by atoms with E-state index < -0.39 is 17.6 Å². The largest absolute Gasteiger partial charge is 0.416 e. The number of nitrogens with one attached hydrogen (secondary N) is 1. The maximum Gasteiger partial charge on any atom is 0.416 e. The van der Waals surface area contributed by atoms with E-state index >= 15 is 0 Å². The average molecular weight is 432 g/mol. The molecular formula is C24H28F3N3O. The van der Waals surface area contributed by atoms with E-state index in [0.29, 0.717) is 5.92 Å². The Morgan fingerprint density at radius 1 is 1.29 bits per heavy atom. The number of halogens is 3. The molecule has 31 heavy (non-hydrogen) atoms. The first-order valence-electron chi connectivity index (χ1n) is 10.4. The molecular weight excluding hydrogens is 403 g/mol. The van der Waals surface area contributed by atoms with Crippen LogP contribution in [-0.2, 0) is 6.18 Å². The Bertz CT molecular complexity index is 1010. The number of alkyl halides is 3. The third-order valence-electron chi connectivity index (χ3n) is 5.91. The molecule has 166 valence electrons. The van der Waals surface area contributed by atoms with Crippen molar-refractivity contribution in [1.29, 1.82) is 0 Å². The van der Waals surface area contributed by atoms with Gasteiger partial charge >= 0.3 is 6.18 Å². The Balaban J connectivity index is 1.81. The van der Waals surface area contributed by atoms with Gasteiger partial charge in [0, 0.05) is 23.3 Å². The highest BCUT2D eigenvalue weighted by atomic mass is 19.4. The van der Waals surface area contributed by atoms with Crippen LogP contribution in [0.2, 0.25) is 0 Å². The minimum absolute atomic E-state index is 0.0716. The summed E-state index contributed by atoms with van der Waals surface area (Å²) in [5, 5.41) is 3.99. The van der Waals surface area contributed by atoms with Crippen molar-refractivity contribution in [3.63, 3.8) is 0 Å². The molecule has 1 N–H and O–H groups in total. The molecule has 0 aliphatic carbocycles. The number of carbonyl (C=O) groups is 1. The maximum atomic E-state index is 12.9. The Morgan fingerprint density at radius 3 is 2.65 bits per heavy atom. The molecule has 2 aromatic carbocycles. The van der Waals surface area contributed by atoms with E-state index in [-0.39, 0.29) is 11.1 Å². The predicted octanol–water partition coefficient (Wildman–Crippen LogP) is 5.89. The van der Waals surface area contributed by atoms with Crippen LogP contribution in [0, 0.1) is 6.92 Å². The van der Waals surface area contributed by atoms with Gasteiger partial charge in [0.15, 0.2) is 0 Å². The average Bonchev–Trinajstić information content (AvgIpc) is 2.68. The molecule has 1 heterocycles. The summed E-state index contributed by atoms with van der Waals surface area (Å²) >= 11 is 0. The van der Waals surface area contributed by atoms with Crippen molar-refractivity contribution < 1.29 is 18.0 Å². The summed E-state index contributed by atoms with van der Waals surface area (Å²) in [6, 6.07) is 8.51. The van der Waals surface area contributed by atoms with E-state index in [0.717, 1.165) is 36.2 Å². The standard InChI is InChI=1S/C24H28F3N3O/c1-6-30-21-10-15(2)18(12-20(21)16(3)13-23(30,4)5)14-28-29-22(31)17-8-7-9-19(11-17)24(25,26)27/h7-12,14,16H,6,13H2,1-5H3,(H,29,31)/b28-14-/t16-/m1/s1. The van der Waals surface area contributed by atoms with E-state index in [9.17, 15) is 18.0 Å². The molecule has 1 atom stereocenters. The highest BCUT2D eigenvalue weighted by Crippen LogP contribution is 2.44. The lowest BCUT2D eigenvalue weighted by Gasteiger charge is -2.47. The molecule has 0 bridgehead atoms. The number of aryl methyl sites for hydroxylation is 1. The van der Waals surface area contributed by atoms with Crippen molar-refractivity contribution >= 4 is 17.8 Å². The maximum absolute atomic E-state index is 12.9. The zero-order valence-electron chi connectivity index (χ0n) is 18.5. The Kier molecular flexibility index (Phi) is 6.16. The van der Waals surface area contributed by atoms with Crippen molar-refractivity contribution in [3.8, 4) is 0 Å². The zero-order chi connectivity index (χ0) is 23.0. The van der Waals surface area contributed by atoms with Gasteiger partial charge in [-0.3, -0.25) is 4.79 Å². The normalized spacial score (nSPS) is 18.2. The number of carbonyl (C=O) groups excluding carboxylic acids is 1. The second-order valence-electron chi connectivity index (χ2n) is 8.71. The zero-order valence-corrected chi connectivity index (χ0v) is 18.5. The molecule has 0 unspecified atom stereocenters. The van der Waals surface area contributed by atoms with Crippen LogP contribution in [0.5, 0.6) is 0 Å². The number of fused-ring (bicyclic) bond motifs is 1. The van der Waals surface area contributed by atoms with Crippen LogP contribution >= 0.6 is 0 Å². The van der Waals surface area contributed by atoms with E-state index in [1.165, 1.54) is 23.4 Å². The SMILES string of the molecule is CCN1c2cc(C)c(/C=N\NC(=O)c3cccc(C(F)(F)F)c3)cc2[C@H](C)CC1(C)C. The fraction of sp³-hybridized carbons (Fsp3) is 0.417. The van der Waals surface area contributed by atoms with Crippen LogP contribution < -0.4 is 10.3 Å². The number of benzene rings is 2. The Morgan fingerprint density at radius 2 is 2.00 bits per heavy atom. The lowest BCUT2D eigenvalue weighted by molar-refractivity contribution is -0.137. The smallest absolute Gasteiger partial charge is 0.366 e. The Labute approximate surface area is 181 Å². The van der Waals surface area contributed by atoms with Gasteiger partial charge < -0.3 is 4.90 Å². The molecule has 0 saturated carbocycles. The fourth-order valence-corrected chi connectivity index (χ4v) is 4.45. The van der Waals surface area contributed by atoms with Gasteiger partial charge in [0.1, 0.15) is 0 Å². The second-order valence-corrected chi connectivity index (χ2v) is 8.71. The summed E-state index contributed by atoms with van der Waals surface area (Å²) in [6.07, 6.45) is -1.93. The van der Waals surface area contributed by atoms with Gasteiger partial charge in [0.05, 0.1) is 11.8 Å². The van der Waals surface area contributed by atoms with Crippen LogP contribution in [0.1, 0.15) is 72.6 Å². The van der Waals surface area contributed by atoms with Crippen LogP contribution in [0.15, 0.2) is 41.5 Å². The number of hydrazone groups is 1. The van der Waals surface area contributed by atoms with Crippen LogP contribution in [0.4, 0.5) is 18.9 Å². The third-order valence-corrected chi connectivity index (χ3v) is 5.91. The molecule has 0 radical (unpaired) electrons. The molecule has 3 rings (SSSR count). The summed E-state index contributed by atoms with van der Waals surface area (Å²) < 4.78 is 38.6. The topological polar surface area (TPSA) is 44.7 Å². The van der Waals surface area contributed by atoms with Gasteiger partial charge in [-0.25, -0.2) is 5.43 Å². The second kappa shape index (κ2) is 8.36. The van der Waals surface area contributed by atoms with E-state index in [1.54, 1.807) is 6.21 Å². The highest BCUT2D eigenvalue weighted by Gasteiger charge is 2.35. The molecule has 2 aromatic rings. The molecule has 0 saturated heterocycles. The lowest BCUT2D eigenvalue weighted by Crippen LogP contribution is -2.48. The molecule has 0 aromatic heterocycles. The van der Waals surface area contributed by atoms with Crippen LogP contribution in [-0.4, -0.2) is 24.2 Å². The van der Waals surface area contributed by atoms with Gasteiger partial charge in [-0.15, -0.1) is 0 Å². The van der Waals surface area contributed by atoms with Gasteiger partial charge in [-0.05, 0) is 87.1 Å². The quantitative estimate of drug-likeness (QED) is 0.485. The van der Waals surface area contributed by atoms with Crippen LogP contribution in [0.3, 0.4) is 0 Å². The number of hydrogen-bond donors (Lipinski definition) is 1. The molecule has 1 aliphatic heterocycles. The summed E-state index contributed by atoms with van der Waals surface area (Å²) in [7, 11) is 0. The fourth-order valence-electron chi connectivity index (χ4n) is 4.45. The Hall–Kier alpha value is -2.83. The molecule has 0 spiro atoms. The number of rotatable bonds is 4. The van der Waals surface area contributed by atoms with Gasteiger partial charge in [-0.1, -0.05) is 13.0 Å². The van der Waals surface area contributed by atoms with E-state index in [2.05, 4.69) is 55.3 Å². The lowest BCUT2D eigenvalue weighted by atomic mass is 9.79. The first-order valence-corrected chi connectivity index (χ1v) is 10.4. The van der Waals surface area contributed by atoms with Gasteiger partial charge in [0.2, 0.25) is 0 Å². The third kappa shape index (κ3) is 4.75. The first-order chi connectivity index (χ1) is 14.4. The van der Waals surface area contributed by atoms with Crippen molar-refractivity contribution in [3.05, 3.63) is 64.2 Å². The number of nitrogens with zero attached hydrogens (tertiary/aromatic N) is 2. The molecule has 1 amide bonds. The summed E-state index contributed by atoms with van der Waals surface area (Å²) in [5.74, 6) is -0.314. The minimum Gasteiger partial charge on any atom is -0.366 e. The van der Waals surface area contributed by atoms with E-state index in [4.69, 9.17) is 0 Å². The number of hydrogen-bond acceptors (Lipinski definition) is 3. The summed E-state index contributed by atoms with van der Waals surface area (Å²) in [6.45, 7) is 11.8. The molecule has 4 nitrogen and oxygen atoms in total. The molecule has 0 fully saturated rings. The first kappa shape index (κ1) is 22.8. The highest BCUT2D eigenvalue weighted by molar-refractivity contribution is 5.95. The molecule has 7 heteroatoms. The monoisotopic (exact) mass is 431 g/mol. The van der Waals surface area contributed by atoms with Gasteiger partial charge in [0.25, 0.3) is 5.91 Å². The van der Waals surface area contributed by atoms with Crippen molar-refractivity contribution in [1.82, 2.24) is 5.43 Å². The van der Waals surface area contributed by atoms with E-state index in [1.807, 2.05) is 6.92 Å².